The summed E-state index contributed by atoms with van der Waals surface area (Å²) in [6, 6.07) is 18.0. The number of hydrogen-bond donors (Lipinski definition) is 2. The van der Waals surface area contributed by atoms with E-state index in [1.807, 2.05) is 19.9 Å². The zero-order valence-electron chi connectivity index (χ0n) is 26.8. The Kier molecular flexibility index (Phi) is 8.53. The smallest absolute Gasteiger partial charge is 0.333 e. The Hall–Kier alpha value is -5.30. The molecule has 0 unspecified atom stereocenters. The monoisotopic (exact) mass is 725 g/mol. The van der Waals surface area contributed by atoms with Gasteiger partial charge in [0.1, 0.15) is 23.1 Å². The third-order valence-electron chi connectivity index (χ3n) is 8.81. The van der Waals surface area contributed by atoms with Crippen LogP contribution in [0.4, 0.5) is 10.2 Å². The van der Waals surface area contributed by atoms with Crippen LogP contribution in [0.1, 0.15) is 57.4 Å². The van der Waals surface area contributed by atoms with Crippen LogP contribution in [-0.4, -0.2) is 48.0 Å². The van der Waals surface area contributed by atoms with Gasteiger partial charge in [-0.25, -0.2) is 19.2 Å². The molecule has 0 saturated heterocycles. The highest BCUT2D eigenvalue weighted by atomic mass is 79.9. The third kappa shape index (κ3) is 6.33. The lowest BCUT2D eigenvalue weighted by molar-refractivity contribution is 0.0610. The van der Waals surface area contributed by atoms with Gasteiger partial charge in [-0.2, -0.15) is 0 Å². The molecule has 13 heteroatoms. The maximum absolute atomic E-state index is 15.3. The van der Waals surface area contributed by atoms with E-state index < -0.39 is 17.4 Å². The standard InChI is InChI=1S/C36H33BrFN7O4/c1-20-16-22(6-13-28(20)37)35(47)43-19-30-32(34(46)41-17-27-26(4-3-5-29(27)38)33-40-15-14-31(39)42-33)45(36(48)44(30)18-21(43)2)23-7-9-24(10-8-23)49-25-11-12-25/h3-10,13-16,21,25H,11-12,17-19H2,1-2H3,(H,41,46)(H2,39,40,42)/t21-/m0/s1. The number of ether oxygens (including phenoxy) is 1. The number of nitrogens with zero attached hydrogens (tertiary/aromatic N) is 5. The number of halogens is 2. The molecular weight excluding hydrogens is 693 g/mol. The first kappa shape index (κ1) is 32.3. The summed E-state index contributed by atoms with van der Waals surface area (Å²) >= 11 is 3.49. The molecule has 2 aliphatic rings. The van der Waals surface area contributed by atoms with Gasteiger partial charge in [-0.3, -0.25) is 18.7 Å². The molecule has 0 spiro atoms. The Morgan fingerprint density at radius 3 is 2.59 bits per heavy atom. The van der Waals surface area contributed by atoms with Gasteiger partial charge in [0.25, 0.3) is 11.8 Å². The number of carbonyl (C=O) groups excluding carboxylic acids is 2. The minimum atomic E-state index is -0.617. The second-order valence-corrected chi connectivity index (χ2v) is 13.2. The van der Waals surface area contributed by atoms with Crippen molar-refractivity contribution >= 4 is 33.6 Å². The van der Waals surface area contributed by atoms with Gasteiger partial charge in [0, 0.05) is 46.5 Å². The van der Waals surface area contributed by atoms with E-state index in [9.17, 15) is 14.4 Å². The number of aromatic nitrogens is 4. The number of imidazole rings is 1. The first-order valence-electron chi connectivity index (χ1n) is 15.9. The number of anilines is 1. The maximum Gasteiger partial charge on any atom is 0.333 e. The van der Waals surface area contributed by atoms with Gasteiger partial charge in [0.15, 0.2) is 5.82 Å². The summed E-state index contributed by atoms with van der Waals surface area (Å²) in [7, 11) is 0. The number of nitrogens with one attached hydrogen (secondary N) is 1. The van der Waals surface area contributed by atoms with E-state index in [1.54, 1.807) is 51.9 Å². The predicted octanol–water partition coefficient (Wildman–Crippen LogP) is 5.40. The van der Waals surface area contributed by atoms with E-state index >= 15 is 4.39 Å². The molecule has 0 bridgehead atoms. The Balaban J connectivity index is 1.27. The number of rotatable bonds is 8. The fourth-order valence-electron chi connectivity index (χ4n) is 6.06. The quantitative estimate of drug-likeness (QED) is 0.219. The van der Waals surface area contributed by atoms with E-state index in [0.29, 0.717) is 28.3 Å². The molecule has 49 heavy (non-hydrogen) atoms. The second-order valence-electron chi connectivity index (χ2n) is 12.3. The molecular formula is C36H33BrFN7O4. The minimum Gasteiger partial charge on any atom is -0.490 e. The minimum absolute atomic E-state index is 0.00502. The zero-order valence-corrected chi connectivity index (χ0v) is 28.4. The Morgan fingerprint density at radius 1 is 1.10 bits per heavy atom. The molecule has 3 aromatic carbocycles. The van der Waals surface area contributed by atoms with Crippen molar-refractivity contribution in [2.75, 3.05) is 5.73 Å². The van der Waals surface area contributed by atoms with E-state index in [1.165, 1.54) is 29.0 Å². The van der Waals surface area contributed by atoms with E-state index in [2.05, 4.69) is 31.2 Å². The topological polar surface area (TPSA) is 137 Å². The SMILES string of the molecule is Cc1cc(C(=O)N2Cc3c(C(=O)NCc4c(F)cccc4-c4nccc(N)n4)n(-c4ccc(OC5CC5)cc4)c(=O)n3C[C@@H]2C)ccc1Br. The van der Waals surface area contributed by atoms with Crippen molar-refractivity contribution in [2.24, 2.45) is 0 Å². The van der Waals surface area contributed by atoms with Crippen LogP contribution < -0.4 is 21.5 Å². The molecule has 3 N–H and O–H groups in total. The summed E-state index contributed by atoms with van der Waals surface area (Å²) in [5.41, 5.74) is 8.24. The van der Waals surface area contributed by atoms with E-state index in [4.69, 9.17) is 10.5 Å². The fraction of sp³-hybridized carbons (Fsp3) is 0.250. The van der Waals surface area contributed by atoms with Crippen molar-refractivity contribution in [3.8, 4) is 22.8 Å². The van der Waals surface area contributed by atoms with Gasteiger partial charge in [0.2, 0.25) is 0 Å². The van der Waals surface area contributed by atoms with E-state index in [0.717, 1.165) is 22.9 Å². The van der Waals surface area contributed by atoms with Crippen molar-refractivity contribution in [1.29, 1.82) is 0 Å². The molecule has 1 atom stereocenters. The van der Waals surface area contributed by atoms with Gasteiger partial charge in [-0.05, 0) is 86.8 Å². The molecule has 250 valence electrons. The number of carbonyl (C=O) groups is 2. The van der Waals surface area contributed by atoms with Gasteiger partial charge in [0.05, 0.1) is 24.0 Å². The van der Waals surface area contributed by atoms with Crippen molar-refractivity contribution in [3.63, 3.8) is 0 Å². The molecule has 7 rings (SSSR count). The Labute approximate surface area is 289 Å². The number of aryl methyl sites for hydroxylation is 1. The molecule has 1 fully saturated rings. The number of fused-ring (bicyclic) bond motifs is 1. The van der Waals surface area contributed by atoms with Crippen LogP contribution in [-0.2, 0) is 19.6 Å². The lowest BCUT2D eigenvalue weighted by Crippen LogP contribution is -2.47. The average Bonchev–Trinajstić information content (AvgIpc) is 3.86. The summed E-state index contributed by atoms with van der Waals surface area (Å²) in [6.45, 7) is 3.73. The van der Waals surface area contributed by atoms with Crippen LogP contribution in [0.5, 0.6) is 5.75 Å². The van der Waals surface area contributed by atoms with Gasteiger partial charge in [-0.1, -0.05) is 28.1 Å². The van der Waals surface area contributed by atoms with Crippen LogP contribution in [0.2, 0.25) is 0 Å². The first-order chi connectivity index (χ1) is 23.6. The summed E-state index contributed by atoms with van der Waals surface area (Å²) in [6.07, 6.45) is 3.66. The first-order valence-corrected chi connectivity index (χ1v) is 16.7. The number of amides is 2. The summed E-state index contributed by atoms with van der Waals surface area (Å²) < 4.78 is 25.0. The van der Waals surface area contributed by atoms with Crippen LogP contribution in [0.15, 0.2) is 82.2 Å². The highest BCUT2D eigenvalue weighted by molar-refractivity contribution is 9.10. The van der Waals surface area contributed by atoms with Crippen LogP contribution in [0, 0.1) is 12.7 Å². The van der Waals surface area contributed by atoms with E-state index in [-0.39, 0.29) is 60.6 Å². The predicted molar refractivity (Wildman–Crippen MR) is 185 cm³/mol. The summed E-state index contributed by atoms with van der Waals surface area (Å²) in [5.74, 6) is -0.313. The van der Waals surface area contributed by atoms with Gasteiger partial charge < -0.3 is 20.7 Å². The van der Waals surface area contributed by atoms with Crippen molar-refractivity contribution in [3.05, 3.63) is 122 Å². The highest BCUT2D eigenvalue weighted by Crippen LogP contribution is 2.30. The lowest BCUT2D eigenvalue weighted by atomic mass is 10.1. The second kappa shape index (κ2) is 13.0. The summed E-state index contributed by atoms with van der Waals surface area (Å²) in [4.78, 5) is 52.3. The van der Waals surface area contributed by atoms with Crippen molar-refractivity contribution < 1.29 is 18.7 Å². The number of hydrogen-bond acceptors (Lipinski definition) is 7. The van der Waals surface area contributed by atoms with Gasteiger partial charge in [-0.15, -0.1) is 0 Å². The normalized spacial score (nSPS) is 15.5. The van der Waals surface area contributed by atoms with Crippen LogP contribution in [0.3, 0.4) is 0 Å². The average molecular weight is 727 g/mol. The number of nitrogens with two attached hydrogens (primary N) is 1. The molecule has 1 aliphatic heterocycles. The van der Waals surface area contributed by atoms with Gasteiger partial charge >= 0.3 is 5.69 Å². The Morgan fingerprint density at radius 2 is 1.88 bits per heavy atom. The third-order valence-corrected chi connectivity index (χ3v) is 9.70. The molecule has 1 saturated carbocycles. The van der Waals surface area contributed by atoms with Crippen molar-refractivity contribution in [2.45, 2.75) is 58.5 Å². The maximum atomic E-state index is 15.3. The molecule has 11 nitrogen and oxygen atoms in total. The number of benzene rings is 3. The zero-order chi connectivity index (χ0) is 34.4. The molecule has 1 aliphatic carbocycles. The highest BCUT2D eigenvalue weighted by Gasteiger charge is 2.35. The molecule has 2 aromatic heterocycles. The largest absolute Gasteiger partial charge is 0.490 e. The van der Waals surface area contributed by atoms with Crippen LogP contribution in [0.25, 0.3) is 17.1 Å². The lowest BCUT2D eigenvalue weighted by Gasteiger charge is -2.34. The molecule has 2 amide bonds. The fourth-order valence-corrected chi connectivity index (χ4v) is 6.31. The van der Waals surface area contributed by atoms with Crippen LogP contribution >= 0.6 is 15.9 Å². The van der Waals surface area contributed by atoms with Crippen molar-refractivity contribution in [1.82, 2.24) is 29.3 Å². The summed E-state index contributed by atoms with van der Waals surface area (Å²) in [5, 5.41) is 2.83. The molecule has 5 aromatic rings. The molecule has 0 radical (unpaired) electrons. The molecule has 3 heterocycles. The Bertz CT molecular complexity index is 2160. The number of nitrogen functional groups attached to an aromatic ring is 1.